The lowest BCUT2D eigenvalue weighted by Gasteiger charge is -2.10. The van der Waals surface area contributed by atoms with Crippen LogP contribution in [0.3, 0.4) is 0 Å². The third-order valence-electron chi connectivity index (χ3n) is 3.46. The fourth-order valence-electron chi connectivity index (χ4n) is 1.93. The molecule has 0 aliphatic carbocycles. The lowest BCUT2D eigenvalue weighted by Crippen LogP contribution is -2.21. The Balaban J connectivity index is 1.83. The Morgan fingerprint density at radius 2 is 1.95 bits per heavy atom. The van der Waals surface area contributed by atoms with Crippen molar-refractivity contribution in [3.63, 3.8) is 0 Å². The third kappa shape index (κ3) is 5.48. The summed E-state index contributed by atoms with van der Waals surface area (Å²) in [5, 5.41) is 3.25. The molecule has 0 saturated heterocycles. The zero-order valence-electron chi connectivity index (χ0n) is 12.5. The Morgan fingerprint density at radius 3 is 2.57 bits per heavy atom. The molecule has 3 nitrogen and oxygen atoms in total. The van der Waals surface area contributed by atoms with Gasteiger partial charge in [-0.2, -0.15) is 0 Å². The van der Waals surface area contributed by atoms with Crippen LogP contribution in [0.15, 0.2) is 47.1 Å². The first-order chi connectivity index (χ1) is 10.2. The Bertz CT molecular complexity index is 540. The summed E-state index contributed by atoms with van der Waals surface area (Å²) in [5.41, 5.74) is 2.26. The summed E-state index contributed by atoms with van der Waals surface area (Å²) in [6, 6.07) is 12.8. The summed E-state index contributed by atoms with van der Waals surface area (Å²) < 4.78 is 6.72. The van der Waals surface area contributed by atoms with Crippen molar-refractivity contribution in [3.05, 3.63) is 58.3 Å². The molecule has 0 aliphatic heterocycles. The first-order valence-corrected chi connectivity index (χ1v) is 7.96. The molecule has 0 fully saturated rings. The van der Waals surface area contributed by atoms with Gasteiger partial charge in [0.2, 0.25) is 0 Å². The van der Waals surface area contributed by atoms with Crippen molar-refractivity contribution >= 4 is 15.9 Å². The summed E-state index contributed by atoms with van der Waals surface area (Å²) in [5.74, 6) is 0.880. The quantitative estimate of drug-likeness (QED) is 0.822. The highest BCUT2D eigenvalue weighted by molar-refractivity contribution is 9.10. The van der Waals surface area contributed by atoms with E-state index in [0.717, 1.165) is 28.8 Å². The Kier molecular flexibility index (Phi) is 6.21. The molecule has 0 amide bonds. The second-order valence-electron chi connectivity index (χ2n) is 5.13. The number of hydrogen-bond acceptors (Lipinski definition) is 3. The van der Waals surface area contributed by atoms with Gasteiger partial charge in [-0.3, -0.25) is 4.98 Å². The van der Waals surface area contributed by atoms with Crippen molar-refractivity contribution < 1.29 is 4.74 Å². The van der Waals surface area contributed by atoms with Gasteiger partial charge in [0.15, 0.2) is 0 Å². The molecule has 0 saturated carbocycles. The molecular formula is C17H21BrN2O. The Morgan fingerprint density at radius 1 is 1.19 bits per heavy atom. The predicted molar refractivity (Wildman–Crippen MR) is 89.6 cm³/mol. The van der Waals surface area contributed by atoms with Crippen molar-refractivity contribution in [3.8, 4) is 5.75 Å². The van der Waals surface area contributed by atoms with Gasteiger partial charge in [0.25, 0.3) is 0 Å². The second kappa shape index (κ2) is 8.15. The maximum atomic E-state index is 5.74. The lowest BCUT2D eigenvalue weighted by molar-refractivity contribution is 0.301. The van der Waals surface area contributed by atoms with Crippen LogP contribution in [0.2, 0.25) is 0 Å². The molecule has 21 heavy (non-hydrogen) atoms. The molecule has 0 radical (unpaired) electrons. The number of pyridine rings is 1. The van der Waals surface area contributed by atoms with Gasteiger partial charge in [-0.15, -0.1) is 0 Å². The van der Waals surface area contributed by atoms with E-state index in [2.05, 4.69) is 45.3 Å². The standard InChI is InChI=1S/C17H21BrN2O/c1-13(19-2)3-4-14-5-9-17(10-6-14)21-12-16-8-7-15(18)11-20-16/h5-11,13,19H,3-4,12H2,1-2H3. The normalized spacial score (nSPS) is 12.1. The van der Waals surface area contributed by atoms with Crippen molar-refractivity contribution in [2.24, 2.45) is 0 Å². The van der Waals surface area contributed by atoms with Crippen LogP contribution >= 0.6 is 15.9 Å². The summed E-state index contributed by atoms with van der Waals surface area (Å²) >= 11 is 3.37. The molecule has 1 heterocycles. The molecule has 4 heteroatoms. The van der Waals surface area contributed by atoms with Gasteiger partial charge in [0, 0.05) is 16.7 Å². The Hall–Kier alpha value is -1.39. The smallest absolute Gasteiger partial charge is 0.130 e. The van der Waals surface area contributed by atoms with E-state index < -0.39 is 0 Å². The number of benzene rings is 1. The molecule has 112 valence electrons. The number of ether oxygens (including phenoxy) is 1. The summed E-state index contributed by atoms with van der Waals surface area (Å²) in [7, 11) is 2.00. The van der Waals surface area contributed by atoms with E-state index in [4.69, 9.17) is 4.74 Å². The van der Waals surface area contributed by atoms with Gasteiger partial charge >= 0.3 is 0 Å². The van der Waals surface area contributed by atoms with Gasteiger partial charge in [-0.05, 0) is 72.6 Å². The first-order valence-electron chi connectivity index (χ1n) is 7.17. The highest BCUT2D eigenvalue weighted by Crippen LogP contribution is 2.16. The molecule has 0 bridgehead atoms. The molecule has 0 aliphatic rings. The fourth-order valence-corrected chi connectivity index (χ4v) is 2.16. The number of nitrogens with zero attached hydrogens (tertiary/aromatic N) is 1. The molecule has 1 N–H and O–H groups in total. The summed E-state index contributed by atoms with van der Waals surface area (Å²) in [4.78, 5) is 4.29. The van der Waals surface area contributed by atoms with Gasteiger partial charge in [0.1, 0.15) is 12.4 Å². The fraction of sp³-hybridized carbons (Fsp3) is 0.353. The van der Waals surface area contributed by atoms with E-state index in [1.807, 2.05) is 31.3 Å². The van der Waals surface area contributed by atoms with Crippen molar-refractivity contribution in [2.75, 3.05) is 7.05 Å². The van der Waals surface area contributed by atoms with Gasteiger partial charge in [0.05, 0.1) is 5.69 Å². The maximum absolute atomic E-state index is 5.74. The summed E-state index contributed by atoms with van der Waals surface area (Å²) in [6.07, 6.45) is 4.00. The molecule has 1 atom stereocenters. The van der Waals surface area contributed by atoms with Crippen LogP contribution in [0, 0.1) is 0 Å². The SMILES string of the molecule is CNC(C)CCc1ccc(OCc2ccc(Br)cn2)cc1. The zero-order chi connectivity index (χ0) is 15.1. The number of aromatic nitrogens is 1. The largest absolute Gasteiger partial charge is 0.487 e. The van der Waals surface area contributed by atoms with Crippen LogP contribution < -0.4 is 10.1 Å². The van der Waals surface area contributed by atoms with Gasteiger partial charge < -0.3 is 10.1 Å². The number of rotatable bonds is 7. The number of halogens is 1. The van der Waals surface area contributed by atoms with Crippen molar-refractivity contribution in [1.29, 1.82) is 0 Å². The van der Waals surface area contributed by atoms with Crippen LogP contribution in [0.25, 0.3) is 0 Å². The predicted octanol–water partition coefficient (Wildman–Crippen LogP) is 3.96. The topological polar surface area (TPSA) is 34.1 Å². The third-order valence-corrected chi connectivity index (χ3v) is 3.93. The van der Waals surface area contributed by atoms with Crippen LogP contribution in [0.5, 0.6) is 5.75 Å². The average Bonchev–Trinajstić information content (AvgIpc) is 2.53. The molecule has 1 aromatic heterocycles. The number of hydrogen-bond donors (Lipinski definition) is 1. The second-order valence-corrected chi connectivity index (χ2v) is 6.04. The van der Waals surface area contributed by atoms with Crippen LogP contribution in [-0.2, 0) is 13.0 Å². The van der Waals surface area contributed by atoms with Crippen molar-refractivity contribution in [1.82, 2.24) is 10.3 Å². The zero-order valence-corrected chi connectivity index (χ0v) is 14.1. The minimum atomic E-state index is 0.489. The van der Waals surface area contributed by atoms with E-state index in [1.54, 1.807) is 6.20 Å². The molecular weight excluding hydrogens is 328 g/mol. The molecule has 1 unspecified atom stereocenters. The van der Waals surface area contributed by atoms with Crippen LogP contribution in [0.1, 0.15) is 24.6 Å². The monoisotopic (exact) mass is 348 g/mol. The first kappa shape index (κ1) is 16.0. The molecule has 1 aromatic carbocycles. The minimum absolute atomic E-state index is 0.489. The number of nitrogens with one attached hydrogen (secondary N) is 1. The molecule has 2 rings (SSSR count). The average molecular weight is 349 g/mol. The van der Waals surface area contributed by atoms with E-state index >= 15 is 0 Å². The van der Waals surface area contributed by atoms with E-state index in [1.165, 1.54) is 5.56 Å². The van der Waals surface area contributed by atoms with Gasteiger partial charge in [-0.1, -0.05) is 12.1 Å². The highest BCUT2D eigenvalue weighted by atomic mass is 79.9. The summed E-state index contributed by atoms with van der Waals surface area (Å²) in [6.45, 7) is 2.69. The molecule has 0 spiro atoms. The van der Waals surface area contributed by atoms with Crippen LogP contribution in [0.4, 0.5) is 0 Å². The van der Waals surface area contributed by atoms with E-state index in [0.29, 0.717) is 12.6 Å². The minimum Gasteiger partial charge on any atom is -0.487 e. The Labute approximate surface area is 134 Å². The van der Waals surface area contributed by atoms with Crippen molar-refractivity contribution in [2.45, 2.75) is 32.4 Å². The van der Waals surface area contributed by atoms with Crippen LogP contribution in [-0.4, -0.2) is 18.1 Å². The number of aryl methyl sites for hydroxylation is 1. The van der Waals surface area contributed by atoms with E-state index in [9.17, 15) is 0 Å². The molecule has 2 aromatic rings. The van der Waals surface area contributed by atoms with Gasteiger partial charge in [-0.25, -0.2) is 0 Å². The van der Waals surface area contributed by atoms with E-state index in [-0.39, 0.29) is 0 Å². The maximum Gasteiger partial charge on any atom is 0.130 e. The highest BCUT2D eigenvalue weighted by Gasteiger charge is 2.01. The lowest BCUT2D eigenvalue weighted by atomic mass is 10.1.